The highest BCUT2D eigenvalue weighted by atomic mass is 35.5. The first-order chi connectivity index (χ1) is 7.66. The van der Waals surface area contributed by atoms with Crippen molar-refractivity contribution in [3.8, 4) is 0 Å². The molecule has 2 aromatic rings. The summed E-state index contributed by atoms with van der Waals surface area (Å²) in [5.74, 6) is -0.269. The molecule has 2 rings (SSSR count). The summed E-state index contributed by atoms with van der Waals surface area (Å²) in [6, 6.07) is 6.71. The van der Waals surface area contributed by atoms with E-state index in [9.17, 15) is 4.39 Å². The maximum absolute atomic E-state index is 13.5. The van der Waals surface area contributed by atoms with Crippen LogP contribution < -0.4 is 0 Å². The van der Waals surface area contributed by atoms with Crippen LogP contribution in [0.15, 0.2) is 36.7 Å². The number of rotatable bonds is 2. The Morgan fingerprint density at radius 3 is 2.81 bits per heavy atom. The number of hydrogen-bond donors (Lipinski definition) is 0. The molecule has 0 radical (unpaired) electrons. The lowest BCUT2D eigenvalue weighted by Gasteiger charge is -2.06. The minimum Gasteiger partial charge on any atom is -0.264 e. The van der Waals surface area contributed by atoms with E-state index in [1.807, 2.05) is 13.0 Å². The van der Waals surface area contributed by atoms with Gasteiger partial charge in [0, 0.05) is 29.4 Å². The number of halogens is 2. The van der Waals surface area contributed by atoms with Crippen molar-refractivity contribution < 1.29 is 4.39 Å². The zero-order chi connectivity index (χ0) is 11.5. The van der Waals surface area contributed by atoms with Gasteiger partial charge in [-0.15, -0.1) is 0 Å². The van der Waals surface area contributed by atoms with E-state index < -0.39 is 0 Å². The highest BCUT2D eigenvalue weighted by molar-refractivity contribution is 6.31. The smallest absolute Gasteiger partial charge is 0.128 e. The van der Waals surface area contributed by atoms with Crippen molar-refractivity contribution in [2.75, 3.05) is 0 Å². The zero-order valence-corrected chi connectivity index (χ0v) is 9.63. The van der Waals surface area contributed by atoms with Gasteiger partial charge in [-0.25, -0.2) is 4.39 Å². The van der Waals surface area contributed by atoms with E-state index in [4.69, 9.17) is 11.6 Å². The molecule has 0 amide bonds. The van der Waals surface area contributed by atoms with E-state index in [1.165, 1.54) is 6.07 Å². The lowest BCUT2D eigenvalue weighted by atomic mass is 10.1. The predicted molar refractivity (Wildman–Crippen MR) is 63.2 cm³/mol. The Balaban J connectivity index is 2.34. The predicted octanol–water partition coefficient (Wildman–Crippen LogP) is 3.77. The van der Waals surface area contributed by atoms with E-state index in [1.54, 1.807) is 24.5 Å². The summed E-state index contributed by atoms with van der Waals surface area (Å²) >= 11 is 5.96. The number of aryl methyl sites for hydroxylation is 1. The molecular weight excluding hydrogens is 225 g/mol. The monoisotopic (exact) mass is 235 g/mol. The molecule has 0 spiro atoms. The average molecular weight is 236 g/mol. The number of nitrogens with zero attached hydrogens (tertiary/aromatic N) is 1. The van der Waals surface area contributed by atoms with Gasteiger partial charge < -0.3 is 0 Å². The third-order valence-electron chi connectivity index (χ3n) is 2.37. The van der Waals surface area contributed by atoms with Crippen molar-refractivity contribution in [1.29, 1.82) is 0 Å². The third-order valence-corrected chi connectivity index (χ3v) is 2.73. The quantitative estimate of drug-likeness (QED) is 0.772. The van der Waals surface area contributed by atoms with Gasteiger partial charge in [-0.1, -0.05) is 23.7 Å². The molecule has 0 aliphatic rings. The fourth-order valence-electron chi connectivity index (χ4n) is 1.62. The second-order valence-electron chi connectivity index (χ2n) is 3.75. The fourth-order valence-corrected chi connectivity index (χ4v) is 1.85. The molecule has 1 aromatic heterocycles. The largest absolute Gasteiger partial charge is 0.264 e. The van der Waals surface area contributed by atoms with Gasteiger partial charge in [-0.05, 0) is 30.2 Å². The Morgan fingerprint density at radius 1 is 1.31 bits per heavy atom. The highest BCUT2D eigenvalue weighted by Crippen LogP contribution is 2.22. The van der Waals surface area contributed by atoms with Crippen LogP contribution in [0.1, 0.15) is 16.7 Å². The SMILES string of the molecule is Cc1cncc(Cc2c(F)cccc2Cl)c1. The molecule has 0 bridgehead atoms. The lowest BCUT2D eigenvalue weighted by Crippen LogP contribution is -1.95. The first-order valence-corrected chi connectivity index (χ1v) is 5.38. The van der Waals surface area contributed by atoms with Crippen LogP contribution >= 0.6 is 11.6 Å². The summed E-state index contributed by atoms with van der Waals surface area (Å²) in [5, 5.41) is 0.460. The molecule has 82 valence electrons. The molecule has 0 fully saturated rings. The molecule has 0 aliphatic heterocycles. The van der Waals surface area contributed by atoms with Crippen LogP contribution in [-0.2, 0) is 6.42 Å². The number of aromatic nitrogens is 1. The molecule has 16 heavy (non-hydrogen) atoms. The Hall–Kier alpha value is -1.41. The average Bonchev–Trinajstić information content (AvgIpc) is 2.24. The van der Waals surface area contributed by atoms with E-state index >= 15 is 0 Å². The van der Waals surface area contributed by atoms with E-state index in [-0.39, 0.29) is 5.82 Å². The van der Waals surface area contributed by atoms with Crippen LogP contribution in [0.25, 0.3) is 0 Å². The van der Waals surface area contributed by atoms with Crippen LogP contribution in [0, 0.1) is 12.7 Å². The third kappa shape index (κ3) is 2.39. The molecule has 0 unspecified atom stereocenters. The Bertz CT molecular complexity index is 491. The van der Waals surface area contributed by atoms with Crippen LogP contribution in [0.4, 0.5) is 4.39 Å². The van der Waals surface area contributed by atoms with Gasteiger partial charge in [0.25, 0.3) is 0 Å². The van der Waals surface area contributed by atoms with Gasteiger partial charge in [0.1, 0.15) is 5.82 Å². The van der Waals surface area contributed by atoms with Crippen LogP contribution in [0.3, 0.4) is 0 Å². The van der Waals surface area contributed by atoms with Gasteiger partial charge in [-0.2, -0.15) is 0 Å². The van der Waals surface area contributed by atoms with Gasteiger partial charge in [0.05, 0.1) is 0 Å². The summed E-state index contributed by atoms with van der Waals surface area (Å²) in [4.78, 5) is 4.07. The van der Waals surface area contributed by atoms with Gasteiger partial charge >= 0.3 is 0 Å². The highest BCUT2D eigenvalue weighted by Gasteiger charge is 2.07. The Morgan fingerprint density at radius 2 is 2.12 bits per heavy atom. The minimum atomic E-state index is -0.269. The van der Waals surface area contributed by atoms with Crippen molar-refractivity contribution in [3.63, 3.8) is 0 Å². The first-order valence-electron chi connectivity index (χ1n) is 5.00. The normalized spacial score (nSPS) is 10.4. The van der Waals surface area contributed by atoms with Crippen molar-refractivity contribution in [2.45, 2.75) is 13.3 Å². The van der Waals surface area contributed by atoms with Crippen LogP contribution in [-0.4, -0.2) is 4.98 Å². The summed E-state index contributed by atoms with van der Waals surface area (Å²) in [6.07, 6.45) is 3.97. The lowest BCUT2D eigenvalue weighted by molar-refractivity contribution is 0.614. The van der Waals surface area contributed by atoms with Gasteiger partial charge in [0.15, 0.2) is 0 Å². The van der Waals surface area contributed by atoms with Crippen molar-refractivity contribution in [2.24, 2.45) is 0 Å². The fraction of sp³-hybridized carbons (Fsp3) is 0.154. The molecule has 1 heterocycles. The number of hydrogen-bond acceptors (Lipinski definition) is 1. The number of benzene rings is 1. The van der Waals surface area contributed by atoms with Crippen LogP contribution in [0.2, 0.25) is 5.02 Å². The molecule has 3 heteroatoms. The molecule has 1 nitrogen and oxygen atoms in total. The molecule has 0 saturated carbocycles. The summed E-state index contributed by atoms with van der Waals surface area (Å²) in [7, 11) is 0. The topological polar surface area (TPSA) is 12.9 Å². The Kier molecular flexibility index (Phi) is 3.20. The van der Waals surface area contributed by atoms with Crippen LogP contribution in [0.5, 0.6) is 0 Å². The van der Waals surface area contributed by atoms with Crippen molar-refractivity contribution in [3.05, 3.63) is 64.2 Å². The second kappa shape index (κ2) is 4.62. The zero-order valence-electron chi connectivity index (χ0n) is 8.87. The standard InChI is InChI=1S/C13H11ClFN/c1-9-5-10(8-16-7-9)6-11-12(14)3-2-4-13(11)15/h2-5,7-8H,6H2,1H3. The first kappa shape index (κ1) is 11.1. The minimum absolute atomic E-state index is 0.269. The van der Waals surface area contributed by atoms with Crippen molar-refractivity contribution >= 4 is 11.6 Å². The number of pyridine rings is 1. The second-order valence-corrected chi connectivity index (χ2v) is 4.15. The van der Waals surface area contributed by atoms with Gasteiger partial charge in [-0.3, -0.25) is 4.98 Å². The molecule has 0 atom stereocenters. The molecular formula is C13H11ClFN. The summed E-state index contributed by atoms with van der Waals surface area (Å²) in [5.41, 5.74) is 2.55. The van der Waals surface area contributed by atoms with Crippen molar-refractivity contribution in [1.82, 2.24) is 4.98 Å². The van der Waals surface area contributed by atoms with Gasteiger partial charge in [0.2, 0.25) is 0 Å². The Labute approximate surface area is 98.9 Å². The summed E-state index contributed by atoms with van der Waals surface area (Å²) < 4.78 is 13.5. The summed E-state index contributed by atoms with van der Waals surface area (Å²) in [6.45, 7) is 1.96. The molecule has 0 saturated heterocycles. The maximum Gasteiger partial charge on any atom is 0.128 e. The van der Waals surface area contributed by atoms with E-state index in [0.717, 1.165) is 11.1 Å². The molecule has 0 aliphatic carbocycles. The molecule has 1 aromatic carbocycles. The maximum atomic E-state index is 13.5. The molecule has 0 N–H and O–H groups in total. The van der Waals surface area contributed by atoms with E-state index in [2.05, 4.69) is 4.98 Å². The van der Waals surface area contributed by atoms with E-state index in [0.29, 0.717) is 17.0 Å².